The minimum Gasteiger partial charge on any atom is -0.465 e. The zero-order chi connectivity index (χ0) is 14.4. The van der Waals surface area contributed by atoms with Crippen LogP contribution in [0.3, 0.4) is 0 Å². The van der Waals surface area contributed by atoms with Crippen molar-refractivity contribution in [2.75, 3.05) is 19.8 Å². The van der Waals surface area contributed by atoms with Crippen LogP contribution in [-0.4, -0.2) is 37.4 Å². The lowest BCUT2D eigenvalue weighted by Gasteiger charge is -2.34. The van der Waals surface area contributed by atoms with Crippen LogP contribution in [0.5, 0.6) is 0 Å². The summed E-state index contributed by atoms with van der Waals surface area (Å²) in [7, 11) is 0. The summed E-state index contributed by atoms with van der Waals surface area (Å²) >= 11 is 0. The Morgan fingerprint density at radius 1 is 1.15 bits per heavy atom. The van der Waals surface area contributed by atoms with Crippen molar-refractivity contribution in [2.45, 2.75) is 70.4 Å². The maximum absolute atomic E-state index is 12.4. The Hall–Kier alpha value is -0.610. The predicted octanol–water partition coefficient (Wildman–Crippen LogP) is 2.66. The molecule has 0 spiro atoms. The molecule has 2 fully saturated rings. The largest absolute Gasteiger partial charge is 0.465 e. The summed E-state index contributed by atoms with van der Waals surface area (Å²) in [5, 5.41) is 3.38. The van der Waals surface area contributed by atoms with E-state index in [1.165, 1.54) is 19.3 Å². The molecule has 1 unspecified atom stereocenters. The maximum Gasteiger partial charge on any atom is 0.329 e. The van der Waals surface area contributed by atoms with E-state index in [4.69, 9.17) is 9.47 Å². The Kier molecular flexibility index (Phi) is 5.85. The Morgan fingerprint density at radius 2 is 1.85 bits per heavy atom. The highest BCUT2D eigenvalue weighted by Crippen LogP contribution is 2.41. The van der Waals surface area contributed by atoms with Gasteiger partial charge in [-0.3, -0.25) is 5.32 Å². The summed E-state index contributed by atoms with van der Waals surface area (Å²) in [5.74, 6) is 0.255. The van der Waals surface area contributed by atoms with Gasteiger partial charge < -0.3 is 9.47 Å². The van der Waals surface area contributed by atoms with Gasteiger partial charge in [0.05, 0.1) is 19.3 Å². The second kappa shape index (κ2) is 7.41. The molecule has 0 bridgehead atoms. The minimum atomic E-state index is -0.609. The molecule has 20 heavy (non-hydrogen) atoms. The van der Waals surface area contributed by atoms with Gasteiger partial charge >= 0.3 is 5.97 Å². The smallest absolute Gasteiger partial charge is 0.329 e. The monoisotopic (exact) mass is 283 g/mol. The molecule has 1 N–H and O–H groups in total. The molecule has 2 aliphatic carbocycles. The molecule has 0 radical (unpaired) electrons. The first-order valence-electron chi connectivity index (χ1n) is 8.26. The van der Waals surface area contributed by atoms with Gasteiger partial charge in [-0.05, 0) is 45.1 Å². The van der Waals surface area contributed by atoms with E-state index in [0.717, 1.165) is 32.2 Å². The molecule has 116 valence electrons. The zero-order valence-electron chi connectivity index (χ0n) is 13.0. The average Bonchev–Trinajstić information content (AvgIpc) is 3.30. The first-order chi connectivity index (χ1) is 9.73. The molecule has 0 aromatic heterocycles. The lowest BCUT2D eigenvalue weighted by molar-refractivity contribution is -0.157. The first kappa shape index (κ1) is 15.8. The quantitative estimate of drug-likeness (QED) is 0.696. The van der Waals surface area contributed by atoms with Crippen molar-refractivity contribution in [3.05, 3.63) is 0 Å². The third kappa shape index (κ3) is 3.73. The second-order valence-corrected chi connectivity index (χ2v) is 6.07. The molecular formula is C16H29NO3. The van der Waals surface area contributed by atoms with Crippen LogP contribution in [0.15, 0.2) is 0 Å². The van der Waals surface area contributed by atoms with Gasteiger partial charge in [0, 0.05) is 0 Å². The summed E-state index contributed by atoms with van der Waals surface area (Å²) in [4.78, 5) is 12.4. The average molecular weight is 283 g/mol. The number of ether oxygens (including phenoxy) is 2. The van der Waals surface area contributed by atoms with E-state index in [1.54, 1.807) is 0 Å². The van der Waals surface area contributed by atoms with E-state index in [2.05, 4.69) is 5.32 Å². The van der Waals surface area contributed by atoms with Crippen LogP contribution >= 0.6 is 0 Å². The summed E-state index contributed by atoms with van der Waals surface area (Å²) in [5.41, 5.74) is -0.609. The Labute approximate surface area is 122 Å². The van der Waals surface area contributed by atoms with Crippen molar-refractivity contribution in [1.29, 1.82) is 0 Å². The van der Waals surface area contributed by atoms with E-state index in [9.17, 15) is 4.79 Å². The van der Waals surface area contributed by atoms with Crippen molar-refractivity contribution in [2.24, 2.45) is 5.92 Å². The SMILES string of the molecule is CCNC(COC1CCCCC1)(C(=O)OCC)C1CC1. The summed E-state index contributed by atoms with van der Waals surface area (Å²) < 4.78 is 11.4. The highest BCUT2D eigenvalue weighted by atomic mass is 16.5. The Bertz CT molecular complexity index is 311. The third-order valence-electron chi connectivity index (χ3n) is 4.51. The highest BCUT2D eigenvalue weighted by Gasteiger charge is 2.52. The van der Waals surface area contributed by atoms with Crippen LogP contribution in [0, 0.1) is 5.92 Å². The van der Waals surface area contributed by atoms with Crippen molar-refractivity contribution < 1.29 is 14.3 Å². The van der Waals surface area contributed by atoms with E-state index in [1.807, 2.05) is 13.8 Å². The molecule has 2 aliphatic rings. The third-order valence-corrected chi connectivity index (χ3v) is 4.51. The van der Waals surface area contributed by atoms with E-state index >= 15 is 0 Å². The van der Waals surface area contributed by atoms with Gasteiger partial charge in [0.25, 0.3) is 0 Å². The van der Waals surface area contributed by atoms with Crippen LogP contribution in [0.25, 0.3) is 0 Å². The number of rotatable bonds is 8. The Morgan fingerprint density at radius 3 is 2.40 bits per heavy atom. The Balaban J connectivity index is 1.98. The van der Waals surface area contributed by atoms with E-state index < -0.39 is 5.54 Å². The molecule has 2 rings (SSSR count). The van der Waals surface area contributed by atoms with Gasteiger partial charge in [-0.15, -0.1) is 0 Å². The number of esters is 1. The molecule has 4 heteroatoms. The van der Waals surface area contributed by atoms with Crippen molar-refractivity contribution >= 4 is 5.97 Å². The topological polar surface area (TPSA) is 47.6 Å². The van der Waals surface area contributed by atoms with Crippen LogP contribution < -0.4 is 5.32 Å². The zero-order valence-corrected chi connectivity index (χ0v) is 13.0. The summed E-state index contributed by atoms with van der Waals surface area (Å²) in [6, 6.07) is 0. The van der Waals surface area contributed by atoms with Gasteiger partial charge in [0.15, 0.2) is 0 Å². The van der Waals surface area contributed by atoms with Gasteiger partial charge in [-0.2, -0.15) is 0 Å². The predicted molar refractivity (Wildman–Crippen MR) is 78.6 cm³/mol. The van der Waals surface area contributed by atoms with Crippen LogP contribution in [-0.2, 0) is 14.3 Å². The van der Waals surface area contributed by atoms with Gasteiger partial charge in [0.1, 0.15) is 5.54 Å². The number of carbonyl (C=O) groups is 1. The maximum atomic E-state index is 12.4. The molecule has 0 aromatic rings. The molecule has 0 aliphatic heterocycles. The normalized spacial score (nSPS) is 23.3. The first-order valence-corrected chi connectivity index (χ1v) is 8.26. The highest BCUT2D eigenvalue weighted by molar-refractivity contribution is 5.82. The molecule has 4 nitrogen and oxygen atoms in total. The van der Waals surface area contributed by atoms with Gasteiger partial charge in [-0.1, -0.05) is 26.2 Å². The van der Waals surface area contributed by atoms with Gasteiger partial charge in [0.2, 0.25) is 0 Å². The molecule has 0 aromatic carbocycles. The lowest BCUT2D eigenvalue weighted by atomic mass is 9.93. The van der Waals surface area contributed by atoms with Crippen LogP contribution in [0.2, 0.25) is 0 Å². The number of likely N-dealkylation sites (N-methyl/N-ethyl adjacent to an activating group) is 1. The number of hydrogen-bond donors (Lipinski definition) is 1. The fourth-order valence-electron chi connectivity index (χ4n) is 3.24. The van der Waals surface area contributed by atoms with Gasteiger partial charge in [-0.25, -0.2) is 4.79 Å². The van der Waals surface area contributed by atoms with Crippen LogP contribution in [0.1, 0.15) is 58.8 Å². The molecular weight excluding hydrogens is 254 g/mol. The standard InChI is InChI=1S/C16H29NO3/c1-3-17-16(13-10-11-13,15(18)19-4-2)12-20-14-8-6-5-7-9-14/h13-14,17H,3-12H2,1-2H3. The lowest BCUT2D eigenvalue weighted by Crippen LogP contribution is -2.58. The molecule has 0 amide bonds. The minimum absolute atomic E-state index is 0.125. The number of nitrogens with one attached hydrogen (secondary N) is 1. The van der Waals surface area contributed by atoms with Crippen molar-refractivity contribution in [1.82, 2.24) is 5.32 Å². The van der Waals surface area contributed by atoms with E-state index in [-0.39, 0.29) is 5.97 Å². The van der Waals surface area contributed by atoms with Crippen molar-refractivity contribution in [3.63, 3.8) is 0 Å². The molecule has 0 saturated heterocycles. The fourth-order valence-corrected chi connectivity index (χ4v) is 3.24. The second-order valence-electron chi connectivity index (χ2n) is 6.07. The fraction of sp³-hybridized carbons (Fsp3) is 0.938. The summed E-state index contributed by atoms with van der Waals surface area (Å²) in [6.45, 7) is 5.57. The number of hydrogen-bond acceptors (Lipinski definition) is 4. The van der Waals surface area contributed by atoms with E-state index in [0.29, 0.717) is 25.2 Å². The summed E-state index contributed by atoms with van der Waals surface area (Å²) in [6.07, 6.45) is 8.61. The van der Waals surface area contributed by atoms with Crippen molar-refractivity contribution in [3.8, 4) is 0 Å². The molecule has 2 saturated carbocycles. The van der Waals surface area contributed by atoms with Crippen LogP contribution in [0.4, 0.5) is 0 Å². The molecule has 1 atom stereocenters. The molecule has 0 heterocycles. The number of carbonyl (C=O) groups excluding carboxylic acids is 1.